The van der Waals surface area contributed by atoms with Crippen molar-refractivity contribution < 1.29 is 23.6 Å². The van der Waals surface area contributed by atoms with Crippen LogP contribution in [0.15, 0.2) is 74.0 Å². The van der Waals surface area contributed by atoms with Gasteiger partial charge in [0.1, 0.15) is 29.1 Å². The molecule has 4 aromatic rings. The van der Waals surface area contributed by atoms with E-state index in [2.05, 4.69) is 0 Å². The molecule has 0 saturated heterocycles. The fourth-order valence-corrected chi connectivity index (χ4v) is 6.39. The van der Waals surface area contributed by atoms with E-state index in [0.717, 1.165) is 11.3 Å². The Morgan fingerprint density at radius 2 is 1.91 bits per heavy atom. The molecular weight excluding hydrogens is 608 g/mol. The normalized spacial score (nSPS) is 14.7. The van der Waals surface area contributed by atoms with Crippen LogP contribution in [0.25, 0.3) is 17.4 Å². The van der Waals surface area contributed by atoms with Crippen LogP contribution in [0.2, 0.25) is 5.02 Å². The lowest BCUT2D eigenvalue weighted by molar-refractivity contribution is -0.384. The van der Waals surface area contributed by atoms with Crippen molar-refractivity contribution in [1.29, 1.82) is 0 Å². The zero-order valence-corrected chi connectivity index (χ0v) is 26.2. The van der Waals surface area contributed by atoms with E-state index in [4.69, 9.17) is 30.5 Å². The molecule has 1 aliphatic rings. The second kappa shape index (κ2) is 12.5. The number of aromatic nitrogens is 1. The van der Waals surface area contributed by atoms with Crippen molar-refractivity contribution in [1.82, 2.24) is 9.47 Å². The molecule has 11 nitrogen and oxygen atoms in total. The fraction of sp³-hybridized carbons (Fsp3) is 0.258. The quantitative estimate of drug-likeness (QED) is 0.188. The highest BCUT2D eigenvalue weighted by Crippen LogP contribution is 2.38. The molecule has 13 heteroatoms. The summed E-state index contributed by atoms with van der Waals surface area (Å²) in [5.41, 5.74) is 1.07. The van der Waals surface area contributed by atoms with Gasteiger partial charge in [0.25, 0.3) is 17.2 Å². The summed E-state index contributed by atoms with van der Waals surface area (Å²) in [6.07, 6.45) is 1.56. The number of hydrogen-bond donors (Lipinski definition) is 0. The number of hydrogen-bond acceptors (Lipinski definition) is 9. The Morgan fingerprint density at radius 3 is 2.57 bits per heavy atom. The maximum atomic E-state index is 14.1. The van der Waals surface area contributed by atoms with Crippen molar-refractivity contribution in [3.05, 3.63) is 106 Å². The molecule has 0 spiro atoms. The Balaban J connectivity index is 1.70. The standard InChI is InChI=1S/C31H29ClN4O7S/c1-6-34(7-2)30(38)27-17(3)33-31-35(28(27)22-15-19(41-4)9-12-24(22)42-5)29(37)26(44-31)16-20-10-13-25(43-20)21-11-8-18(32)14-23(21)36(39)40/h8-16,28H,6-7H2,1-5H3/b26-16+/t28-/m0/s1. The lowest BCUT2D eigenvalue weighted by Crippen LogP contribution is -2.43. The van der Waals surface area contributed by atoms with E-state index < -0.39 is 16.5 Å². The number of nitro groups is 1. The number of allylic oxidation sites excluding steroid dienone is 1. The van der Waals surface area contributed by atoms with E-state index in [1.807, 2.05) is 13.8 Å². The first kappa shape index (κ1) is 30.8. The molecule has 2 aromatic heterocycles. The number of rotatable bonds is 9. The van der Waals surface area contributed by atoms with Gasteiger partial charge < -0.3 is 18.8 Å². The third-order valence-corrected chi connectivity index (χ3v) is 8.57. The molecule has 44 heavy (non-hydrogen) atoms. The van der Waals surface area contributed by atoms with Gasteiger partial charge in [0, 0.05) is 35.8 Å². The zero-order valence-electron chi connectivity index (χ0n) is 24.6. The van der Waals surface area contributed by atoms with Gasteiger partial charge in [-0.1, -0.05) is 22.9 Å². The summed E-state index contributed by atoms with van der Waals surface area (Å²) >= 11 is 7.11. The molecule has 2 aromatic carbocycles. The number of ether oxygens (including phenoxy) is 2. The number of benzene rings is 2. The zero-order chi connectivity index (χ0) is 31.7. The van der Waals surface area contributed by atoms with Crippen LogP contribution >= 0.6 is 22.9 Å². The third-order valence-electron chi connectivity index (χ3n) is 7.36. The van der Waals surface area contributed by atoms with Crippen molar-refractivity contribution >= 4 is 40.6 Å². The Kier molecular flexibility index (Phi) is 8.75. The van der Waals surface area contributed by atoms with E-state index >= 15 is 0 Å². The lowest BCUT2D eigenvalue weighted by atomic mass is 9.93. The summed E-state index contributed by atoms with van der Waals surface area (Å²) in [4.78, 5) is 45.9. The van der Waals surface area contributed by atoms with Crippen LogP contribution in [0.5, 0.6) is 11.5 Å². The summed E-state index contributed by atoms with van der Waals surface area (Å²) in [5, 5.41) is 11.8. The number of thiazole rings is 1. The molecule has 0 aliphatic carbocycles. The molecule has 3 heterocycles. The van der Waals surface area contributed by atoms with Crippen LogP contribution in [0.3, 0.4) is 0 Å². The molecule has 1 atom stereocenters. The lowest BCUT2D eigenvalue weighted by Gasteiger charge is -2.30. The van der Waals surface area contributed by atoms with Gasteiger partial charge in [-0.3, -0.25) is 24.3 Å². The molecule has 1 aliphatic heterocycles. The molecule has 5 rings (SSSR count). The molecule has 1 amide bonds. The second-order valence-corrected chi connectivity index (χ2v) is 11.2. The summed E-state index contributed by atoms with van der Waals surface area (Å²) in [5.74, 6) is 1.33. The van der Waals surface area contributed by atoms with Gasteiger partial charge in [-0.15, -0.1) is 0 Å². The first-order valence-electron chi connectivity index (χ1n) is 13.7. The van der Waals surface area contributed by atoms with Gasteiger partial charge in [0.05, 0.1) is 40.5 Å². The number of furan rings is 1. The highest BCUT2D eigenvalue weighted by Gasteiger charge is 2.36. The van der Waals surface area contributed by atoms with Crippen LogP contribution < -0.4 is 24.4 Å². The largest absolute Gasteiger partial charge is 0.497 e. The van der Waals surface area contributed by atoms with Crippen molar-refractivity contribution in [3.63, 3.8) is 0 Å². The number of amides is 1. The van der Waals surface area contributed by atoms with E-state index in [1.54, 1.807) is 48.2 Å². The van der Waals surface area contributed by atoms with Crippen molar-refractivity contribution in [2.45, 2.75) is 26.8 Å². The highest BCUT2D eigenvalue weighted by molar-refractivity contribution is 7.07. The topological polar surface area (TPSA) is 129 Å². The first-order chi connectivity index (χ1) is 21.1. The number of likely N-dealkylation sites (N-methyl/N-ethyl adjacent to an activating group) is 1. The van der Waals surface area contributed by atoms with E-state index in [-0.39, 0.29) is 27.9 Å². The SMILES string of the molecule is CCN(CC)C(=O)C1=C(C)N=c2s/c(=C/c3ccc(-c4ccc(Cl)cc4[N+](=O)[O-])o3)c(=O)n2[C@H]1c1cc(OC)ccc1OC. The summed E-state index contributed by atoms with van der Waals surface area (Å²) in [7, 11) is 3.06. The van der Waals surface area contributed by atoms with E-state index in [9.17, 15) is 19.7 Å². The summed E-state index contributed by atoms with van der Waals surface area (Å²) in [6.45, 7) is 6.50. The molecule has 0 fully saturated rings. The predicted molar refractivity (Wildman–Crippen MR) is 167 cm³/mol. The Hall–Kier alpha value is -4.68. The number of nitrogens with zero attached hydrogens (tertiary/aromatic N) is 4. The van der Waals surface area contributed by atoms with Crippen molar-refractivity contribution in [3.8, 4) is 22.8 Å². The Labute approximate surface area is 261 Å². The summed E-state index contributed by atoms with van der Waals surface area (Å²) < 4.78 is 18.9. The highest BCUT2D eigenvalue weighted by atomic mass is 35.5. The van der Waals surface area contributed by atoms with Gasteiger partial charge in [-0.2, -0.15) is 0 Å². The number of carbonyl (C=O) groups excluding carboxylic acids is 1. The number of nitro benzene ring substituents is 1. The molecule has 0 unspecified atom stereocenters. The van der Waals surface area contributed by atoms with Crippen molar-refractivity contribution in [2.75, 3.05) is 27.3 Å². The average Bonchev–Trinajstić information content (AvgIpc) is 3.60. The minimum atomic E-state index is -0.851. The van der Waals surface area contributed by atoms with Crippen LogP contribution in [0, 0.1) is 10.1 Å². The summed E-state index contributed by atoms with van der Waals surface area (Å²) in [6, 6.07) is 11.9. The Bertz CT molecular complexity index is 1990. The number of methoxy groups -OCH3 is 2. The van der Waals surface area contributed by atoms with Gasteiger partial charge in [-0.25, -0.2) is 4.99 Å². The smallest absolute Gasteiger partial charge is 0.281 e. The van der Waals surface area contributed by atoms with Gasteiger partial charge in [0.15, 0.2) is 4.80 Å². The van der Waals surface area contributed by atoms with E-state index in [1.165, 1.54) is 37.0 Å². The maximum Gasteiger partial charge on any atom is 0.281 e. The maximum absolute atomic E-state index is 14.1. The molecule has 0 N–H and O–H groups in total. The number of fused-ring (bicyclic) bond motifs is 1. The minimum Gasteiger partial charge on any atom is -0.497 e. The predicted octanol–water partition coefficient (Wildman–Crippen LogP) is 4.94. The van der Waals surface area contributed by atoms with Crippen LogP contribution in [0.4, 0.5) is 5.69 Å². The number of halogens is 1. The van der Waals surface area contributed by atoms with E-state index in [0.29, 0.717) is 56.5 Å². The second-order valence-electron chi connectivity index (χ2n) is 9.79. The average molecular weight is 637 g/mol. The van der Waals surface area contributed by atoms with Crippen molar-refractivity contribution in [2.24, 2.45) is 4.99 Å². The fourth-order valence-electron chi connectivity index (χ4n) is 5.19. The number of carbonyl (C=O) groups is 1. The van der Waals surface area contributed by atoms with Gasteiger partial charge in [-0.05, 0) is 63.2 Å². The van der Waals surface area contributed by atoms with Crippen LogP contribution in [-0.2, 0) is 4.79 Å². The third kappa shape index (κ3) is 5.53. The van der Waals surface area contributed by atoms with Gasteiger partial charge in [0.2, 0.25) is 0 Å². The molecule has 0 saturated carbocycles. The van der Waals surface area contributed by atoms with Gasteiger partial charge >= 0.3 is 0 Å². The molecular formula is C31H29ClN4O7S. The monoisotopic (exact) mass is 636 g/mol. The molecule has 228 valence electrons. The molecule has 0 bridgehead atoms. The molecule has 0 radical (unpaired) electrons. The minimum absolute atomic E-state index is 0.203. The Morgan fingerprint density at radius 1 is 1.16 bits per heavy atom. The van der Waals surface area contributed by atoms with Crippen LogP contribution in [-0.4, -0.2) is 47.6 Å². The first-order valence-corrected chi connectivity index (χ1v) is 14.9. The van der Waals surface area contributed by atoms with Crippen LogP contribution in [0.1, 0.15) is 38.1 Å².